The Labute approximate surface area is 204 Å². The third kappa shape index (κ3) is 4.21. The van der Waals surface area contributed by atoms with Gasteiger partial charge in [0.2, 0.25) is 0 Å². The molecular formula is C26H28BrN3O3. The highest BCUT2D eigenvalue weighted by molar-refractivity contribution is 5.82. The van der Waals surface area contributed by atoms with E-state index in [1.165, 1.54) is 6.07 Å². The van der Waals surface area contributed by atoms with Crippen LogP contribution in [0.25, 0.3) is 10.9 Å². The maximum Gasteiger partial charge on any atom is 0.269 e. The van der Waals surface area contributed by atoms with E-state index >= 15 is 0 Å². The summed E-state index contributed by atoms with van der Waals surface area (Å²) in [7, 11) is 0. The van der Waals surface area contributed by atoms with Crippen molar-refractivity contribution >= 4 is 16.6 Å². The Balaban J connectivity index is 0.00000259. The molecule has 3 aliphatic rings. The zero-order chi connectivity index (χ0) is 22.3. The van der Waals surface area contributed by atoms with E-state index in [1.54, 1.807) is 18.3 Å². The second kappa shape index (κ2) is 9.33. The number of benzene rings is 2. The van der Waals surface area contributed by atoms with Gasteiger partial charge >= 0.3 is 0 Å². The fourth-order valence-electron chi connectivity index (χ4n) is 6.10. The molecule has 1 N–H and O–H groups in total. The van der Waals surface area contributed by atoms with Crippen LogP contribution >= 0.6 is 0 Å². The molecule has 172 valence electrons. The van der Waals surface area contributed by atoms with Gasteiger partial charge in [-0.05, 0) is 23.6 Å². The van der Waals surface area contributed by atoms with Gasteiger partial charge in [-0.25, -0.2) is 0 Å². The van der Waals surface area contributed by atoms with Crippen LogP contribution in [0, 0.1) is 22.0 Å². The molecule has 33 heavy (non-hydrogen) atoms. The number of fused-ring (bicyclic) bond motifs is 4. The molecule has 3 fully saturated rings. The molecule has 3 aromatic rings. The van der Waals surface area contributed by atoms with E-state index in [0.717, 1.165) is 52.4 Å². The Morgan fingerprint density at radius 3 is 2.85 bits per heavy atom. The number of nitro benzene ring substituents is 1. The van der Waals surface area contributed by atoms with Gasteiger partial charge in [-0.3, -0.25) is 15.1 Å². The number of nitrogens with zero attached hydrogens (tertiary/aromatic N) is 3. The van der Waals surface area contributed by atoms with Gasteiger partial charge in [-0.15, -0.1) is 6.58 Å². The van der Waals surface area contributed by atoms with Crippen LogP contribution < -0.4 is 17.0 Å². The maximum absolute atomic E-state index is 11.7. The molecule has 6 nitrogen and oxygen atoms in total. The number of para-hydroxylation sites is 1. The van der Waals surface area contributed by atoms with Crippen molar-refractivity contribution in [3.8, 4) is 0 Å². The van der Waals surface area contributed by atoms with E-state index < -0.39 is 6.10 Å². The molecule has 4 unspecified atom stereocenters. The lowest BCUT2D eigenvalue weighted by atomic mass is 9.71. The first kappa shape index (κ1) is 23.5. The standard InChI is InChI=1S/C26H28N3O3.BrH/c1-2-19-17-29(16-18-6-5-7-21(14-18)28(31)32)13-11-20(19)15-25(29)26(30)23-10-12-27-24-9-4-3-8-22(23)24;/h2-10,12,14,19-20,25-26,30H,1,11,13,15-17H2;1H/q+1;/p-1/t19?,20?,25?,26-,29?;/m1./s1. The molecule has 7 heteroatoms. The lowest BCUT2D eigenvalue weighted by Gasteiger charge is -2.58. The zero-order valence-electron chi connectivity index (χ0n) is 18.4. The van der Waals surface area contributed by atoms with E-state index in [0.29, 0.717) is 18.4 Å². The SMILES string of the molecule is C=CC1C[N+]2(Cc3cccc([N+](=O)[O-])c3)CCC1CC2[C@H](O)c1ccnc2ccccc12.[Br-]. The fraction of sp³-hybridized carbons (Fsp3) is 0.346. The molecule has 3 aliphatic heterocycles. The van der Waals surface area contributed by atoms with Crippen molar-refractivity contribution in [1.82, 2.24) is 4.98 Å². The molecule has 0 saturated carbocycles. The summed E-state index contributed by atoms with van der Waals surface area (Å²) >= 11 is 0. The number of hydrogen-bond acceptors (Lipinski definition) is 4. The largest absolute Gasteiger partial charge is 1.00 e. The van der Waals surface area contributed by atoms with Gasteiger partial charge < -0.3 is 26.6 Å². The number of aliphatic hydroxyl groups is 1. The van der Waals surface area contributed by atoms with Crippen LogP contribution in [0.1, 0.15) is 30.1 Å². The molecule has 0 aliphatic carbocycles. The van der Waals surface area contributed by atoms with Gasteiger partial charge in [0, 0.05) is 48.0 Å². The minimum absolute atomic E-state index is 0. The number of aromatic nitrogens is 1. The van der Waals surface area contributed by atoms with Crippen LogP contribution in [0.15, 0.2) is 73.4 Å². The molecule has 5 atom stereocenters. The summed E-state index contributed by atoms with van der Waals surface area (Å²) in [6.45, 7) is 6.61. The Kier molecular flexibility index (Phi) is 6.66. The monoisotopic (exact) mass is 509 g/mol. The number of nitro groups is 1. The van der Waals surface area contributed by atoms with E-state index in [-0.39, 0.29) is 33.6 Å². The second-order valence-corrected chi connectivity index (χ2v) is 9.32. The number of quaternary nitrogens is 1. The minimum atomic E-state index is -0.629. The molecule has 0 amide bonds. The Morgan fingerprint density at radius 2 is 2.06 bits per heavy atom. The van der Waals surface area contributed by atoms with Gasteiger partial charge in [0.25, 0.3) is 5.69 Å². The topological polar surface area (TPSA) is 76.3 Å². The van der Waals surface area contributed by atoms with Crippen LogP contribution in [0.3, 0.4) is 0 Å². The van der Waals surface area contributed by atoms with Gasteiger partial charge in [-0.2, -0.15) is 0 Å². The lowest BCUT2D eigenvalue weighted by Crippen LogP contribution is -3.00. The molecule has 4 heterocycles. The Hall–Kier alpha value is -2.61. The van der Waals surface area contributed by atoms with Gasteiger partial charge in [0.1, 0.15) is 18.7 Å². The minimum Gasteiger partial charge on any atom is -1.00 e. The van der Waals surface area contributed by atoms with Crippen LogP contribution in [0.4, 0.5) is 5.69 Å². The maximum atomic E-state index is 11.7. The first-order chi connectivity index (χ1) is 15.5. The molecule has 0 spiro atoms. The molecule has 2 bridgehead atoms. The molecule has 3 saturated heterocycles. The Morgan fingerprint density at radius 1 is 1.24 bits per heavy atom. The fourth-order valence-corrected chi connectivity index (χ4v) is 6.10. The zero-order valence-corrected chi connectivity index (χ0v) is 20.0. The highest BCUT2D eigenvalue weighted by Gasteiger charge is 2.54. The molecule has 6 rings (SSSR count). The van der Waals surface area contributed by atoms with E-state index in [1.807, 2.05) is 36.4 Å². The number of halogens is 1. The van der Waals surface area contributed by atoms with Crippen molar-refractivity contribution < 1.29 is 31.5 Å². The van der Waals surface area contributed by atoms with E-state index in [2.05, 4.69) is 17.6 Å². The lowest BCUT2D eigenvalue weighted by molar-refractivity contribution is -0.984. The summed E-state index contributed by atoms with van der Waals surface area (Å²) in [5, 5.41) is 24.0. The highest BCUT2D eigenvalue weighted by atomic mass is 79.9. The summed E-state index contributed by atoms with van der Waals surface area (Å²) in [4.78, 5) is 15.4. The highest BCUT2D eigenvalue weighted by Crippen LogP contribution is 2.48. The number of piperidine rings is 3. The quantitative estimate of drug-likeness (QED) is 0.238. The van der Waals surface area contributed by atoms with Crippen LogP contribution in [-0.2, 0) is 6.54 Å². The molecule has 0 radical (unpaired) electrons. The molecular weight excluding hydrogens is 482 g/mol. The molecule has 1 aromatic heterocycles. The number of pyridine rings is 1. The van der Waals surface area contributed by atoms with E-state index in [4.69, 9.17) is 0 Å². The first-order valence-corrected chi connectivity index (χ1v) is 11.2. The van der Waals surface area contributed by atoms with Crippen molar-refractivity contribution in [2.24, 2.45) is 11.8 Å². The number of hydrogen-bond donors (Lipinski definition) is 1. The van der Waals surface area contributed by atoms with Crippen molar-refractivity contribution in [1.29, 1.82) is 0 Å². The average molecular weight is 510 g/mol. The van der Waals surface area contributed by atoms with Crippen LogP contribution in [0.5, 0.6) is 0 Å². The summed E-state index contributed by atoms with van der Waals surface area (Å²) in [5.74, 6) is 0.922. The average Bonchev–Trinajstić information content (AvgIpc) is 2.83. The summed E-state index contributed by atoms with van der Waals surface area (Å²) in [6, 6.07) is 16.8. The predicted octanol–water partition coefficient (Wildman–Crippen LogP) is 1.79. The van der Waals surface area contributed by atoms with Crippen molar-refractivity contribution in [3.05, 3.63) is 94.7 Å². The smallest absolute Gasteiger partial charge is 0.269 e. The predicted molar refractivity (Wildman–Crippen MR) is 124 cm³/mol. The van der Waals surface area contributed by atoms with Gasteiger partial charge in [0.05, 0.1) is 23.5 Å². The van der Waals surface area contributed by atoms with Gasteiger partial charge in [-0.1, -0.05) is 36.4 Å². The van der Waals surface area contributed by atoms with Crippen molar-refractivity contribution in [2.75, 3.05) is 13.1 Å². The number of non-ortho nitro benzene ring substituents is 1. The van der Waals surface area contributed by atoms with Crippen LogP contribution in [0.2, 0.25) is 0 Å². The van der Waals surface area contributed by atoms with E-state index in [9.17, 15) is 15.2 Å². The number of rotatable bonds is 6. The third-order valence-corrected chi connectivity index (χ3v) is 7.66. The second-order valence-electron chi connectivity index (χ2n) is 9.32. The van der Waals surface area contributed by atoms with Crippen molar-refractivity contribution in [3.63, 3.8) is 0 Å². The van der Waals surface area contributed by atoms with Gasteiger partial charge in [0.15, 0.2) is 0 Å². The summed E-state index contributed by atoms with van der Waals surface area (Å²) in [6.07, 6.45) is 5.22. The summed E-state index contributed by atoms with van der Waals surface area (Å²) in [5.41, 5.74) is 2.86. The molecule has 2 aromatic carbocycles. The normalized spacial score (nSPS) is 27.0. The summed E-state index contributed by atoms with van der Waals surface area (Å²) < 4.78 is 0.728. The Bertz CT molecular complexity index is 1180. The third-order valence-electron chi connectivity index (χ3n) is 7.66. The number of aliphatic hydroxyl groups excluding tert-OH is 1. The van der Waals surface area contributed by atoms with Crippen LogP contribution in [-0.4, -0.2) is 38.6 Å². The first-order valence-electron chi connectivity index (χ1n) is 11.2. The van der Waals surface area contributed by atoms with Crippen molar-refractivity contribution in [2.45, 2.75) is 31.5 Å².